The maximum atomic E-state index is 12.8. The number of fused-ring (bicyclic) bond motifs is 2. The van der Waals surface area contributed by atoms with Crippen molar-refractivity contribution >= 4 is 11.8 Å². The zero-order chi connectivity index (χ0) is 17.4. The van der Waals surface area contributed by atoms with E-state index in [1.54, 1.807) is 12.1 Å². The molecule has 0 aliphatic carbocycles. The van der Waals surface area contributed by atoms with Crippen molar-refractivity contribution in [2.75, 3.05) is 13.7 Å². The molecule has 3 aliphatic rings. The average Bonchev–Trinajstić information content (AvgIpc) is 2.67. The number of ketones is 1. The largest absolute Gasteiger partial charge is 0.465 e. The van der Waals surface area contributed by atoms with Crippen molar-refractivity contribution in [3.05, 3.63) is 35.4 Å². The third-order valence-corrected chi connectivity index (χ3v) is 5.66. The predicted molar refractivity (Wildman–Crippen MR) is 90.8 cm³/mol. The first-order chi connectivity index (χ1) is 12.2. The van der Waals surface area contributed by atoms with Crippen molar-refractivity contribution in [2.45, 2.75) is 44.2 Å². The molecule has 0 radical (unpaired) electrons. The molecule has 0 saturated carbocycles. The number of hydrogen-bond donors (Lipinski definition) is 2. The third-order valence-electron chi connectivity index (χ3n) is 5.66. The van der Waals surface area contributed by atoms with Crippen LogP contribution in [0.3, 0.4) is 0 Å². The first kappa shape index (κ1) is 16.7. The summed E-state index contributed by atoms with van der Waals surface area (Å²) in [5.74, 6) is -0.0290. The standard InChI is InChI=1S/C19H24N2O4/c1-24-19(23)12-6-4-11(5-7-12)15-9-8-14-16(22)13-3-2-10-20-17(13)25-18(14)21-15/h4-7,13-15,17-18,20-21H,2-3,8-10H2,1H3. The summed E-state index contributed by atoms with van der Waals surface area (Å²) in [7, 11) is 1.38. The van der Waals surface area contributed by atoms with E-state index in [2.05, 4.69) is 10.6 Å². The Kier molecular flexibility index (Phi) is 4.58. The number of Topliss-reactive ketones (excluding diaryl/α,β-unsaturated/α-hetero) is 1. The van der Waals surface area contributed by atoms with Crippen LogP contribution >= 0.6 is 0 Å². The summed E-state index contributed by atoms with van der Waals surface area (Å²) < 4.78 is 10.9. The van der Waals surface area contributed by atoms with E-state index in [1.165, 1.54) is 7.11 Å². The number of carbonyl (C=O) groups excluding carboxylic acids is 2. The van der Waals surface area contributed by atoms with Gasteiger partial charge in [0.2, 0.25) is 0 Å². The molecule has 5 unspecified atom stereocenters. The Balaban J connectivity index is 1.47. The average molecular weight is 344 g/mol. The molecule has 3 saturated heterocycles. The van der Waals surface area contributed by atoms with Gasteiger partial charge in [0, 0.05) is 6.04 Å². The van der Waals surface area contributed by atoms with Crippen LogP contribution in [-0.4, -0.2) is 37.9 Å². The lowest BCUT2D eigenvalue weighted by Crippen LogP contribution is -2.61. The van der Waals surface area contributed by atoms with Crippen LogP contribution < -0.4 is 10.6 Å². The van der Waals surface area contributed by atoms with E-state index in [4.69, 9.17) is 9.47 Å². The van der Waals surface area contributed by atoms with Gasteiger partial charge in [-0.15, -0.1) is 0 Å². The minimum absolute atomic E-state index is 0.00712. The number of nitrogens with one attached hydrogen (secondary N) is 2. The van der Waals surface area contributed by atoms with Gasteiger partial charge in [0.25, 0.3) is 0 Å². The Labute approximate surface area is 147 Å². The highest BCUT2D eigenvalue weighted by atomic mass is 16.5. The van der Waals surface area contributed by atoms with Crippen molar-refractivity contribution in [3.8, 4) is 0 Å². The summed E-state index contributed by atoms with van der Waals surface area (Å²) in [5, 5.41) is 6.83. The topological polar surface area (TPSA) is 76.7 Å². The fourth-order valence-electron chi connectivity index (χ4n) is 4.28. The van der Waals surface area contributed by atoms with Crippen LogP contribution in [0.4, 0.5) is 0 Å². The van der Waals surface area contributed by atoms with Crippen molar-refractivity contribution in [1.29, 1.82) is 0 Å². The molecule has 0 spiro atoms. The predicted octanol–water partition coefficient (Wildman–Crippen LogP) is 1.76. The van der Waals surface area contributed by atoms with Crippen LogP contribution in [0.5, 0.6) is 0 Å². The van der Waals surface area contributed by atoms with E-state index in [1.807, 2.05) is 12.1 Å². The van der Waals surface area contributed by atoms with Gasteiger partial charge >= 0.3 is 5.97 Å². The monoisotopic (exact) mass is 344 g/mol. The molecule has 5 atom stereocenters. The molecule has 2 N–H and O–H groups in total. The molecule has 3 heterocycles. The summed E-state index contributed by atoms with van der Waals surface area (Å²) in [5.41, 5.74) is 1.64. The fourth-order valence-corrected chi connectivity index (χ4v) is 4.28. The second-order valence-corrected chi connectivity index (χ2v) is 7.10. The molecule has 1 aromatic carbocycles. The molecule has 134 valence electrons. The second kappa shape index (κ2) is 6.86. The maximum Gasteiger partial charge on any atom is 0.337 e. The number of ether oxygens (including phenoxy) is 2. The van der Waals surface area contributed by atoms with Crippen LogP contribution in [0.15, 0.2) is 24.3 Å². The van der Waals surface area contributed by atoms with E-state index in [9.17, 15) is 9.59 Å². The molecular formula is C19H24N2O4. The highest BCUT2D eigenvalue weighted by Crippen LogP contribution is 2.38. The van der Waals surface area contributed by atoms with Gasteiger partial charge in [-0.3, -0.25) is 15.4 Å². The van der Waals surface area contributed by atoms with Gasteiger partial charge in [0.05, 0.1) is 24.5 Å². The van der Waals surface area contributed by atoms with E-state index >= 15 is 0 Å². The lowest BCUT2D eigenvalue weighted by molar-refractivity contribution is -0.179. The van der Waals surface area contributed by atoms with E-state index in [-0.39, 0.29) is 36.3 Å². The Morgan fingerprint density at radius 1 is 1.12 bits per heavy atom. The highest BCUT2D eigenvalue weighted by Gasteiger charge is 2.47. The molecule has 3 aliphatic heterocycles. The summed E-state index contributed by atoms with van der Waals surface area (Å²) in [6.07, 6.45) is 3.30. The summed E-state index contributed by atoms with van der Waals surface area (Å²) >= 11 is 0. The highest BCUT2D eigenvalue weighted by molar-refractivity contribution is 5.89. The maximum absolute atomic E-state index is 12.8. The van der Waals surface area contributed by atoms with Crippen LogP contribution in [0.2, 0.25) is 0 Å². The molecule has 6 heteroatoms. The summed E-state index contributed by atoms with van der Waals surface area (Å²) in [6, 6.07) is 7.56. The van der Waals surface area contributed by atoms with Crippen molar-refractivity contribution in [1.82, 2.24) is 10.6 Å². The third kappa shape index (κ3) is 3.10. The lowest BCUT2D eigenvalue weighted by atomic mass is 9.77. The Morgan fingerprint density at radius 2 is 1.88 bits per heavy atom. The normalized spacial score (nSPS) is 34.8. The minimum Gasteiger partial charge on any atom is -0.465 e. The van der Waals surface area contributed by atoms with Crippen LogP contribution in [0.25, 0.3) is 0 Å². The first-order valence-corrected chi connectivity index (χ1v) is 9.04. The number of esters is 1. The number of methoxy groups -OCH3 is 1. The van der Waals surface area contributed by atoms with E-state index < -0.39 is 0 Å². The van der Waals surface area contributed by atoms with Gasteiger partial charge < -0.3 is 9.47 Å². The molecule has 4 rings (SSSR count). The van der Waals surface area contributed by atoms with Crippen molar-refractivity contribution < 1.29 is 19.1 Å². The second-order valence-electron chi connectivity index (χ2n) is 7.10. The minimum atomic E-state index is -0.334. The molecule has 25 heavy (non-hydrogen) atoms. The molecule has 0 amide bonds. The van der Waals surface area contributed by atoms with Gasteiger partial charge in [0.15, 0.2) is 0 Å². The Morgan fingerprint density at radius 3 is 2.64 bits per heavy atom. The molecule has 3 fully saturated rings. The number of rotatable bonds is 2. The zero-order valence-corrected chi connectivity index (χ0v) is 14.4. The quantitative estimate of drug-likeness (QED) is 0.796. The zero-order valence-electron chi connectivity index (χ0n) is 14.4. The molecule has 6 nitrogen and oxygen atoms in total. The van der Waals surface area contributed by atoms with Crippen LogP contribution in [0.1, 0.15) is 47.6 Å². The van der Waals surface area contributed by atoms with Gasteiger partial charge in [-0.2, -0.15) is 0 Å². The van der Waals surface area contributed by atoms with Gasteiger partial charge in [0.1, 0.15) is 18.2 Å². The molecule has 1 aromatic rings. The van der Waals surface area contributed by atoms with Crippen molar-refractivity contribution in [2.24, 2.45) is 11.8 Å². The Hall–Kier alpha value is -1.76. The van der Waals surface area contributed by atoms with Gasteiger partial charge in [-0.1, -0.05) is 12.1 Å². The van der Waals surface area contributed by atoms with Crippen LogP contribution in [0, 0.1) is 11.8 Å². The van der Waals surface area contributed by atoms with E-state index in [0.29, 0.717) is 11.3 Å². The number of hydrogen-bond acceptors (Lipinski definition) is 6. The van der Waals surface area contributed by atoms with E-state index in [0.717, 1.165) is 37.8 Å². The molecular weight excluding hydrogens is 320 g/mol. The summed E-state index contributed by atoms with van der Waals surface area (Å²) in [4.78, 5) is 24.3. The first-order valence-electron chi connectivity index (χ1n) is 9.04. The molecule has 0 aromatic heterocycles. The van der Waals surface area contributed by atoms with Crippen LogP contribution in [-0.2, 0) is 14.3 Å². The number of carbonyl (C=O) groups is 2. The van der Waals surface area contributed by atoms with Gasteiger partial charge in [-0.25, -0.2) is 4.79 Å². The number of benzene rings is 1. The fraction of sp³-hybridized carbons (Fsp3) is 0.579. The SMILES string of the molecule is COC(=O)c1ccc(C2CCC3C(=O)C4CCCNC4OC3N2)cc1. The van der Waals surface area contributed by atoms with Crippen molar-refractivity contribution in [3.63, 3.8) is 0 Å². The number of piperidine rings is 2. The summed E-state index contributed by atoms with van der Waals surface area (Å²) in [6.45, 7) is 0.907. The lowest BCUT2D eigenvalue weighted by Gasteiger charge is -2.47. The Bertz CT molecular complexity index is 660. The molecule has 0 bridgehead atoms. The smallest absolute Gasteiger partial charge is 0.337 e. The van der Waals surface area contributed by atoms with Gasteiger partial charge in [-0.05, 0) is 49.9 Å².